The molecule has 0 radical (unpaired) electrons. The molecule has 0 unspecified atom stereocenters. The van der Waals surface area contributed by atoms with Gasteiger partial charge in [-0.3, -0.25) is 4.79 Å². The van der Waals surface area contributed by atoms with Crippen LogP contribution in [0.5, 0.6) is 0 Å². The molecule has 0 saturated heterocycles. The SMILES string of the molecule is CN(C)c1ccc([C@H]2[C@H](C(=O)O)C2(C)C)cn1. The minimum atomic E-state index is -0.711. The smallest absolute Gasteiger partial charge is 0.307 e. The lowest BCUT2D eigenvalue weighted by molar-refractivity contribution is -0.139. The van der Waals surface area contributed by atoms with E-state index in [0.29, 0.717) is 0 Å². The molecule has 4 heteroatoms. The maximum atomic E-state index is 11.1. The molecule has 1 N–H and O–H groups in total. The molecule has 1 aromatic rings. The highest BCUT2D eigenvalue weighted by molar-refractivity contribution is 5.77. The van der Waals surface area contributed by atoms with E-state index in [2.05, 4.69) is 4.98 Å². The Morgan fingerprint density at radius 1 is 1.41 bits per heavy atom. The number of hydrogen-bond acceptors (Lipinski definition) is 3. The summed E-state index contributed by atoms with van der Waals surface area (Å²) in [6.45, 7) is 3.99. The van der Waals surface area contributed by atoms with Gasteiger partial charge in [0.15, 0.2) is 0 Å². The Bertz CT molecular complexity index is 437. The Kier molecular flexibility index (Phi) is 2.60. The molecule has 0 spiro atoms. The van der Waals surface area contributed by atoms with Crippen LogP contribution < -0.4 is 4.90 Å². The highest BCUT2D eigenvalue weighted by Crippen LogP contribution is 2.64. The van der Waals surface area contributed by atoms with Crippen LogP contribution in [0.4, 0.5) is 5.82 Å². The van der Waals surface area contributed by atoms with E-state index < -0.39 is 5.97 Å². The average Bonchev–Trinajstić information content (AvgIpc) is 2.82. The number of nitrogens with zero attached hydrogens (tertiary/aromatic N) is 2. The van der Waals surface area contributed by atoms with Crippen molar-refractivity contribution in [2.24, 2.45) is 11.3 Å². The van der Waals surface area contributed by atoms with Crippen LogP contribution in [0.15, 0.2) is 18.3 Å². The van der Waals surface area contributed by atoms with Crippen molar-refractivity contribution < 1.29 is 9.90 Å². The van der Waals surface area contributed by atoms with Crippen LogP contribution in [0.2, 0.25) is 0 Å². The van der Waals surface area contributed by atoms with Gasteiger partial charge >= 0.3 is 5.97 Å². The summed E-state index contributed by atoms with van der Waals surface area (Å²) in [5.41, 5.74) is 0.862. The predicted molar refractivity (Wildman–Crippen MR) is 66.2 cm³/mol. The molecule has 2 rings (SSSR count). The summed E-state index contributed by atoms with van der Waals surface area (Å²) in [5.74, 6) is -0.0195. The third kappa shape index (κ3) is 1.88. The summed E-state index contributed by atoms with van der Waals surface area (Å²) in [6, 6.07) is 3.92. The first-order chi connectivity index (χ1) is 7.85. The predicted octanol–water partition coefficient (Wildman–Crippen LogP) is 1.97. The Morgan fingerprint density at radius 3 is 2.41 bits per heavy atom. The lowest BCUT2D eigenvalue weighted by Crippen LogP contribution is -2.10. The van der Waals surface area contributed by atoms with Crippen molar-refractivity contribution in [1.29, 1.82) is 0 Å². The number of aliphatic carboxylic acids is 1. The normalized spacial score (nSPS) is 25.4. The summed E-state index contributed by atoms with van der Waals surface area (Å²) in [5, 5.41) is 9.13. The molecule has 4 nitrogen and oxygen atoms in total. The number of anilines is 1. The van der Waals surface area contributed by atoms with Gasteiger partial charge < -0.3 is 10.0 Å². The zero-order valence-electron chi connectivity index (χ0n) is 10.6. The zero-order valence-corrected chi connectivity index (χ0v) is 10.6. The fourth-order valence-corrected chi connectivity index (χ4v) is 2.57. The minimum Gasteiger partial charge on any atom is -0.481 e. The summed E-state index contributed by atoms with van der Waals surface area (Å²) in [6.07, 6.45) is 1.80. The van der Waals surface area contributed by atoms with Crippen LogP contribution in [-0.2, 0) is 4.79 Å². The molecule has 2 atom stereocenters. The van der Waals surface area contributed by atoms with Crippen molar-refractivity contribution in [2.45, 2.75) is 19.8 Å². The van der Waals surface area contributed by atoms with Crippen molar-refractivity contribution in [3.63, 3.8) is 0 Å². The number of hydrogen-bond donors (Lipinski definition) is 1. The number of rotatable bonds is 3. The van der Waals surface area contributed by atoms with Gasteiger partial charge in [-0.05, 0) is 17.0 Å². The molecule has 1 fully saturated rings. The van der Waals surface area contributed by atoms with Crippen LogP contribution in [0.25, 0.3) is 0 Å². The van der Waals surface area contributed by atoms with E-state index in [-0.39, 0.29) is 17.3 Å². The van der Waals surface area contributed by atoms with Gasteiger partial charge in [0.25, 0.3) is 0 Å². The molecule has 1 aliphatic carbocycles. The number of aromatic nitrogens is 1. The largest absolute Gasteiger partial charge is 0.481 e. The van der Waals surface area contributed by atoms with E-state index >= 15 is 0 Å². The Balaban J connectivity index is 2.23. The van der Waals surface area contributed by atoms with Gasteiger partial charge in [0.2, 0.25) is 0 Å². The van der Waals surface area contributed by atoms with Crippen LogP contribution in [0.1, 0.15) is 25.3 Å². The van der Waals surface area contributed by atoms with Crippen molar-refractivity contribution in [2.75, 3.05) is 19.0 Å². The first-order valence-electron chi connectivity index (χ1n) is 5.71. The summed E-state index contributed by atoms with van der Waals surface area (Å²) >= 11 is 0. The zero-order chi connectivity index (χ0) is 12.8. The highest BCUT2D eigenvalue weighted by Gasteiger charge is 2.62. The van der Waals surface area contributed by atoms with E-state index in [0.717, 1.165) is 11.4 Å². The minimum absolute atomic E-state index is 0.0868. The molecule has 92 valence electrons. The van der Waals surface area contributed by atoms with Gasteiger partial charge in [-0.2, -0.15) is 0 Å². The molecule has 1 aliphatic rings. The number of carbonyl (C=O) groups is 1. The summed E-state index contributed by atoms with van der Waals surface area (Å²) < 4.78 is 0. The molecule has 0 amide bonds. The third-order valence-corrected chi connectivity index (χ3v) is 3.68. The first kappa shape index (κ1) is 11.9. The molecule has 1 aromatic heterocycles. The monoisotopic (exact) mass is 234 g/mol. The van der Waals surface area contributed by atoms with Crippen LogP contribution in [-0.4, -0.2) is 30.2 Å². The van der Waals surface area contributed by atoms with Gasteiger partial charge in [0.1, 0.15) is 5.82 Å². The van der Waals surface area contributed by atoms with E-state index in [9.17, 15) is 4.79 Å². The first-order valence-corrected chi connectivity index (χ1v) is 5.71. The van der Waals surface area contributed by atoms with Gasteiger partial charge in [0, 0.05) is 26.2 Å². The fourth-order valence-electron chi connectivity index (χ4n) is 2.57. The second-order valence-corrected chi connectivity index (χ2v) is 5.46. The second kappa shape index (κ2) is 3.72. The molecule has 17 heavy (non-hydrogen) atoms. The molecule has 0 aromatic carbocycles. The average molecular weight is 234 g/mol. The Morgan fingerprint density at radius 2 is 2.06 bits per heavy atom. The van der Waals surface area contributed by atoms with Gasteiger partial charge in [-0.15, -0.1) is 0 Å². The van der Waals surface area contributed by atoms with Gasteiger partial charge in [0.05, 0.1) is 5.92 Å². The molecular weight excluding hydrogens is 216 g/mol. The fraction of sp³-hybridized carbons (Fsp3) is 0.538. The van der Waals surface area contributed by atoms with Crippen molar-refractivity contribution in [1.82, 2.24) is 4.98 Å². The molecule has 1 saturated carbocycles. The van der Waals surface area contributed by atoms with Crippen molar-refractivity contribution in [3.8, 4) is 0 Å². The molecule has 0 aliphatic heterocycles. The number of carboxylic acid groups (broad SMARTS) is 1. The van der Waals surface area contributed by atoms with E-state index in [4.69, 9.17) is 5.11 Å². The standard InChI is InChI=1S/C13H18N2O2/c1-13(2)10(11(13)12(16)17)8-5-6-9(14-7-8)15(3)4/h5-7,10-11H,1-4H3,(H,16,17)/t10-,11+/m0/s1. The van der Waals surface area contributed by atoms with Crippen LogP contribution in [0.3, 0.4) is 0 Å². The molecule has 1 heterocycles. The third-order valence-electron chi connectivity index (χ3n) is 3.68. The van der Waals surface area contributed by atoms with E-state index in [1.165, 1.54) is 0 Å². The topological polar surface area (TPSA) is 53.4 Å². The maximum Gasteiger partial charge on any atom is 0.307 e. The highest BCUT2D eigenvalue weighted by atomic mass is 16.4. The summed E-state index contributed by atoms with van der Waals surface area (Å²) in [4.78, 5) is 17.4. The quantitative estimate of drug-likeness (QED) is 0.868. The lowest BCUT2D eigenvalue weighted by Gasteiger charge is -2.11. The Labute approximate surface area is 101 Å². The maximum absolute atomic E-state index is 11.1. The van der Waals surface area contributed by atoms with Gasteiger partial charge in [-0.1, -0.05) is 19.9 Å². The summed E-state index contributed by atoms with van der Waals surface area (Å²) in [7, 11) is 3.87. The second-order valence-electron chi connectivity index (χ2n) is 5.46. The van der Waals surface area contributed by atoms with E-state index in [1.807, 2.05) is 45.0 Å². The molecule has 0 bridgehead atoms. The van der Waals surface area contributed by atoms with Crippen molar-refractivity contribution >= 4 is 11.8 Å². The molecular formula is C13H18N2O2. The van der Waals surface area contributed by atoms with Crippen LogP contribution >= 0.6 is 0 Å². The van der Waals surface area contributed by atoms with Gasteiger partial charge in [-0.25, -0.2) is 4.98 Å². The number of carboxylic acids is 1. The number of pyridine rings is 1. The Hall–Kier alpha value is -1.58. The van der Waals surface area contributed by atoms with Crippen LogP contribution in [0, 0.1) is 11.3 Å². The lowest BCUT2D eigenvalue weighted by atomic mass is 10.0. The van der Waals surface area contributed by atoms with E-state index in [1.54, 1.807) is 6.20 Å². The van der Waals surface area contributed by atoms with Crippen molar-refractivity contribution in [3.05, 3.63) is 23.9 Å².